The van der Waals surface area contributed by atoms with Gasteiger partial charge in [0.2, 0.25) is 6.23 Å². The Bertz CT molecular complexity index is 1030. The summed E-state index contributed by atoms with van der Waals surface area (Å²) in [7, 11) is -3.73. The van der Waals surface area contributed by atoms with Crippen molar-refractivity contribution in [3.63, 3.8) is 0 Å². The Kier molecular flexibility index (Phi) is 8.00. The Morgan fingerprint density at radius 2 is 2.00 bits per heavy atom. The molecule has 10 heteroatoms. The maximum atomic E-state index is 13.3. The molecular weight excluding hydrogens is 448 g/mol. The molecule has 2 atom stereocenters. The summed E-state index contributed by atoms with van der Waals surface area (Å²) < 4.78 is 34.0. The van der Waals surface area contributed by atoms with Gasteiger partial charge in [0.05, 0.1) is 12.1 Å². The van der Waals surface area contributed by atoms with E-state index in [1.54, 1.807) is 19.1 Å². The standard InChI is InChI=1S/C23H30N2O7S/c1-5-6-14-29-18-12-10-17(11-13-18)19-16-20(31-24-19)25(32-21-9-7-8-15-30-21)22(26)23(2,3)33(4,27)28/h10-13,20-21H,7-9,14-16H2,1-4H3/t20-,21?/m1/s1. The molecule has 180 valence electrons. The zero-order valence-electron chi connectivity index (χ0n) is 19.4. The summed E-state index contributed by atoms with van der Waals surface area (Å²) in [4.78, 5) is 24.7. The van der Waals surface area contributed by atoms with Crippen molar-refractivity contribution in [2.45, 2.75) is 63.7 Å². The Balaban J connectivity index is 1.75. The van der Waals surface area contributed by atoms with Crippen molar-refractivity contribution in [3.05, 3.63) is 29.8 Å². The summed E-state index contributed by atoms with van der Waals surface area (Å²) in [5.41, 5.74) is 1.39. The monoisotopic (exact) mass is 478 g/mol. The van der Waals surface area contributed by atoms with Crippen LogP contribution in [0.5, 0.6) is 5.75 Å². The molecule has 0 N–H and O–H groups in total. The van der Waals surface area contributed by atoms with Gasteiger partial charge in [-0.2, -0.15) is 5.06 Å². The van der Waals surface area contributed by atoms with E-state index in [1.807, 2.05) is 12.1 Å². The first kappa shape index (κ1) is 25.0. The van der Waals surface area contributed by atoms with E-state index in [-0.39, 0.29) is 6.42 Å². The molecule has 3 rings (SSSR count). The first-order valence-corrected chi connectivity index (χ1v) is 12.7. The fourth-order valence-electron chi connectivity index (χ4n) is 3.19. The van der Waals surface area contributed by atoms with Crippen LogP contribution >= 0.6 is 0 Å². The van der Waals surface area contributed by atoms with Crippen LogP contribution in [0.1, 0.15) is 52.0 Å². The second kappa shape index (κ2) is 10.5. The normalized spacial score (nSPS) is 20.8. The van der Waals surface area contributed by atoms with E-state index in [9.17, 15) is 13.2 Å². The lowest BCUT2D eigenvalue weighted by Crippen LogP contribution is -2.54. The lowest BCUT2D eigenvalue weighted by molar-refractivity contribution is -0.317. The summed E-state index contributed by atoms with van der Waals surface area (Å²) >= 11 is 0. The average molecular weight is 479 g/mol. The molecule has 0 bridgehead atoms. The fraction of sp³-hybridized carbons (Fsp3) is 0.565. The van der Waals surface area contributed by atoms with Crippen LogP contribution in [-0.2, 0) is 29.0 Å². The molecule has 1 aromatic rings. The number of hydrogen-bond donors (Lipinski definition) is 0. The molecule has 0 radical (unpaired) electrons. The second-order valence-electron chi connectivity index (χ2n) is 8.36. The van der Waals surface area contributed by atoms with Gasteiger partial charge in [0.25, 0.3) is 5.91 Å². The zero-order valence-corrected chi connectivity index (χ0v) is 20.2. The molecule has 1 amide bonds. The number of nitrogens with zero attached hydrogens (tertiary/aromatic N) is 2. The Hall–Kier alpha value is -2.61. The molecule has 0 aliphatic carbocycles. The highest BCUT2D eigenvalue weighted by atomic mass is 32.2. The van der Waals surface area contributed by atoms with Gasteiger partial charge in [-0.1, -0.05) is 11.1 Å². The van der Waals surface area contributed by atoms with Gasteiger partial charge in [0.1, 0.15) is 17.1 Å². The predicted molar refractivity (Wildman–Crippen MR) is 122 cm³/mol. The van der Waals surface area contributed by atoms with E-state index in [4.69, 9.17) is 19.1 Å². The van der Waals surface area contributed by atoms with Gasteiger partial charge in [0.15, 0.2) is 16.1 Å². The Labute approximate surface area is 194 Å². The van der Waals surface area contributed by atoms with Crippen LogP contribution in [0, 0.1) is 11.8 Å². The van der Waals surface area contributed by atoms with Gasteiger partial charge in [-0.05, 0) is 63.4 Å². The minimum atomic E-state index is -3.73. The van der Waals surface area contributed by atoms with Crippen molar-refractivity contribution in [1.82, 2.24) is 5.06 Å². The quantitative estimate of drug-likeness (QED) is 0.418. The molecule has 0 saturated carbocycles. The first-order chi connectivity index (χ1) is 15.6. The summed E-state index contributed by atoms with van der Waals surface area (Å²) in [6, 6.07) is 7.25. The van der Waals surface area contributed by atoms with Crippen LogP contribution in [0.3, 0.4) is 0 Å². The molecule has 9 nitrogen and oxygen atoms in total. The van der Waals surface area contributed by atoms with Crippen LogP contribution in [0.4, 0.5) is 0 Å². The average Bonchev–Trinajstić information content (AvgIpc) is 3.27. The van der Waals surface area contributed by atoms with Crippen LogP contribution in [0.2, 0.25) is 0 Å². The number of amides is 1. The van der Waals surface area contributed by atoms with Crippen molar-refractivity contribution < 1.29 is 32.4 Å². The minimum Gasteiger partial charge on any atom is -0.481 e. The number of oxime groups is 1. The van der Waals surface area contributed by atoms with Crippen LogP contribution in [-0.4, -0.2) is 61.8 Å². The lowest BCUT2D eigenvalue weighted by Gasteiger charge is -2.35. The van der Waals surface area contributed by atoms with Gasteiger partial charge < -0.3 is 14.3 Å². The Morgan fingerprint density at radius 1 is 1.27 bits per heavy atom. The second-order valence-corrected chi connectivity index (χ2v) is 10.9. The largest absolute Gasteiger partial charge is 0.481 e. The van der Waals surface area contributed by atoms with E-state index in [1.165, 1.54) is 13.8 Å². The molecule has 33 heavy (non-hydrogen) atoms. The van der Waals surface area contributed by atoms with Gasteiger partial charge in [-0.25, -0.2) is 13.3 Å². The van der Waals surface area contributed by atoms with Crippen molar-refractivity contribution in [2.75, 3.05) is 19.5 Å². The molecule has 0 spiro atoms. The van der Waals surface area contributed by atoms with Crippen molar-refractivity contribution in [3.8, 4) is 17.6 Å². The smallest absolute Gasteiger partial charge is 0.270 e. The van der Waals surface area contributed by atoms with E-state index >= 15 is 0 Å². The molecule has 0 aromatic heterocycles. The molecule has 2 aliphatic heterocycles. The molecule has 2 aliphatic rings. The highest BCUT2D eigenvalue weighted by Gasteiger charge is 2.47. The molecular formula is C23H30N2O7S. The van der Waals surface area contributed by atoms with E-state index in [0.29, 0.717) is 31.1 Å². The highest BCUT2D eigenvalue weighted by Crippen LogP contribution is 2.28. The van der Waals surface area contributed by atoms with Gasteiger partial charge in [-0.15, -0.1) is 5.92 Å². The third-order valence-corrected chi connectivity index (χ3v) is 7.63. The van der Waals surface area contributed by atoms with E-state index in [2.05, 4.69) is 17.0 Å². The SMILES string of the molecule is CC#CCOc1ccc(C2=NO[C@@H](N(OC3CCCCO3)C(=O)C(C)(C)S(C)(=O)=O)C2)cc1. The summed E-state index contributed by atoms with van der Waals surface area (Å²) in [6.07, 6.45) is 2.04. The lowest BCUT2D eigenvalue weighted by atomic mass is 10.1. The Morgan fingerprint density at radius 3 is 2.61 bits per heavy atom. The number of hydrogen-bond acceptors (Lipinski definition) is 8. The number of rotatable bonds is 8. The topological polar surface area (TPSA) is 104 Å². The van der Waals surface area contributed by atoms with E-state index in [0.717, 1.165) is 29.7 Å². The number of ether oxygens (including phenoxy) is 2. The van der Waals surface area contributed by atoms with Crippen LogP contribution in [0.15, 0.2) is 29.4 Å². The third-order valence-electron chi connectivity index (χ3n) is 5.60. The van der Waals surface area contributed by atoms with E-state index < -0.39 is 33.0 Å². The molecule has 1 aromatic carbocycles. The van der Waals surface area contributed by atoms with Gasteiger partial charge in [0, 0.05) is 19.3 Å². The third kappa shape index (κ3) is 6.05. The summed E-state index contributed by atoms with van der Waals surface area (Å²) in [5.74, 6) is 5.53. The van der Waals surface area contributed by atoms with Gasteiger partial charge in [-0.3, -0.25) is 4.79 Å². The summed E-state index contributed by atoms with van der Waals surface area (Å²) in [6.45, 7) is 5.25. The number of sulfone groups is 1. The van der Waals surface area contributed by atoms with Crippen molar-refractivity contribution in [1.29, 1.82) is 0 Å². The fourth-order valence-corrected chi connectivity index (χ4v) is 3.59. The van der Waals surface area contributed by atoms with Crippen LogP contribution in [0.25, 0.3) is 0 Å². The van der Waals surface area contributed by atoms with Crippen molar-refractivity contribution >= 4 is 21.5 Å². The highest BCUT2D eigenvalue weighted by molar-refractivity contribution is 7.92. The van der Waals surface area contributed by atoms with Crippen LogP contribution < -0.4 is 4.74 Å². The predicted octanol–water partition coefficient (Wildman–Crippen LogP) is 2.65. The number of carbonyl (C=O) groups is 1. The van der Waals surface area contributed by atoms with Crippen molar-refractivity contribution in [2.24, 2.45) is 5.16 Å². The minimum absolute atomic E-state index is 0.222. The molecule has 1 saturated heterocycles. The molecule has 2 heterocycles. The molecule has 1 fully saturated rings. The first-order valence-electron chi connectivity index (χ1n) is 10.8. The summed E-state index contributed by atoms with van der Waals surface area (Å²) in [5, 5.41) is 5.10. The molecule has 1 unspecified atom stereocenters. The number of benzene rings is 1. The van der Waals surface area contributed by atoms with Gasteiger partial charge >= 0.3 is 0 Å². The maximum Gasteiger partial charge on any atom is 0.270 e. The maximum absolute atomic E-state index is 13.3. The number of carbonyl (C=O) groups excluding carboxylic acids is 1. The number of hydroxylamine groups is 2. The zero-order chi connectivity index (χ0) is 24.1.